The van der Waals surface area contributed by atoms with Gasteiger partial charge in [-0.05, 0) is 42.7 Å². The third kappa shape index (κ3) is 7.98. The molecule has 0 unspecified atom stereocenters. The van der Waals surface area contributed by atoms with E-state index in [2.05, 4.69) is 55.0 Å². The number of aromatic nitrogens is 2. The molecule has 0 bridgehead atoms. The van der Waals surface area contributed by atoms with Crippen LogP contribution in [0.1, 0.15) is 81.1 Å². The summed E-state index contributed by atoms with van der Waals surface area (Å²) in [5, 5.41) is 12.8. The second kappa shape index (κ2) is 15.2. The van der Waals surface area contributed by atoms with Gasteiger partial charge in [-0.2, -0.15) is 0 Å². The summed E-state index contributed by atoms with van der Waals surface area (Å²) < 4.78 is 10.7. The zero-order chi connectivity index (χ0) is 31.3. The molecule has 6 heteroatoms. The van der Waals surface area contributed by atoms with Crippen molar-refractivity contribution in [1.29, 1.82) is 0 Å². The number of carbonyl (C=O) groups is 1. The van der Waals surface area contributed by atoms with Crippen LogP contribution >= 0.6 is 11.3 Å². The molecule has 229 valence electrons. The van der Waals surface area contributed by atoms with Gasteiger partial charge in [0, 0.05) is 59.9 Å². The Bertz CT molecular complexity index is 1760. The zero-order valence-corrected chi connectivity index (χ0v) is 29.5. The second-order valence-electron chi connectivity index (χ2n) is 11.8. The van der Waals surface area contributed by atoms with Gasteiger partial charge in [-0.3, -0.25) is 9.78 Å². The number of hydrogen-bond acceptors (Lipinski definition) is 5. The minimum Gasteiger partial charge on any atom is -0.512 e. The molecule has 5 rings (SSSR count). The van der Waals surface area contributed by atoms with E-state index in [0.29, 0.717) is 6.04 Å². The molecule has 0 aliphatic carbocycles. The smallest absolute Gasteiger partial charge is 0.162 e. The Hall–Kier alpha value is -2.92. The van der Waals surface area contributed by atoms with Crippen LogP contribution in [0, 0.1) is 17.9 Å². The normalized spacial score (nSPS) is 12.4. The van der Waals surface area contributed by atoms with Gasteiger partial charge in [0.2, 0.25) is 0 Å². The summed E-state index contributed by atoms with van der Waals surface area (Å²) in [5.41, 5.74) is 4.08. The molecule has 1 radical (unpaired) electrons. The Morgan fingerprint density at radius 1 is 1.00 bits per heavy atom. The van der Waals surface area contributed by atoms with Crippen LogP contribution in [0.5, 0.6) is 0 Å². The Kier molecular flexibility index (Phi) is 11.7. The van der Waals surface area contributed by atoms with Crippen LogP contribution in [-0.2, 0) is 30.3 Å². The van der Waals surface area contributed by atoms with Crippen LogP contribution in [0.2, 0.25) is 0 Å². The average molecular weight is 773 g/mol. The van der Waals surface area contributed by atoms with E-state index in [1.54, 1.807) is 17.7 Å². The molecule has 0 saturated heterocycles. The predicted molar refractivity (Wildman–Crippen MR) is 179 cm³/mol. The first-order chi connectivity index (χ1) is 20.5. The maximum atomic E-state index is 11.7. The minimum atomic E-state index is 0. The van der Waals surface area contributed by atoms with Crippen LogP contribution in [-0.4, -0.2) is 20.9 Å². The van der Waals surface area contributed by atoms with Crippen molar-refractivity contribution in [2.24, 2.45) is 11.8 Å². The first-order valence-corrected chi connectivity index (χ1v) is 15.9. The number of rotatable bonds is 8. The summed E-state index contributed by atoms with van der Waals surface area (Å²) in [6.45, 7) is 14.8. The summed E-state index contributed by atoms with van der Waals surface area (Å²) in [5.74, 6) is 0.547. The maximum Gasteiger partial charge on any atom is 0.162 e. The van der Waals surface area contributed by atoms with Crippen molar-refractivity contribution in [3.8, 4) is 11.3 Å². The molecule has 2 heterocycles. The fourth-order valence-corrected chi connectivity index (χ4v) is 6.39. The van der Waals surface area contributed by atoms with E-state index in [1.165, 1.54) is 16.3 Å². The number of thiophene rings is 1. The second-order valence-corrected chi connectivity index (χ2v) is 12.9. The van der Waals surface area contributed by atoms with Gasteiger partial charge in [-0.25, -0.2) is 4.98 Å². The van der Waals surface area contributed by atoms with Gasteiger partial charge < -0.3 is 5.11 Å². The standard InChI is InChI=1S/C24H19N2S.C13H24O2.Ir/c1-24(2,3)18-10-11-19-20(13-18)27-23-21(25-14-26-22(19)23)17-9-8-15-6-4-5-7-16(15)12-17;1-5-10(6-2)12(14)9-13(15)11(7-3)8-4;/h4-11,13-14H,1-3H3;9-11,14H,5-8H2,1-4H3;/q-1;;/b;12-9-;/i8D;;. The third-order valence-corrected chi connectivity index (χ3v) is 9.17. The van der Waals surface area contributed by atoms with E-state index in [4.69, 9.17) is 1.37 Å². The number of ketones is 1. The average Bonchev–Trinajstić information content (AvgIpc) is 3.36. The molecule has 0 aliphatic heterocycles. The van der Waals surface area contributed by atoms with E-state index >= 15 is 0 Å². The molecule has 0 fully saturated rings. The van der Waals surface area contributed by atoms with Crippen LogP contribution in [0.4, 0.5) is 0 Å². The van der Waals surface area contributed by atoms with Crippen LogP contribution in [0.15, 0.2) is 72.7 Å². The number of aliphatic hydroxyl groups is 1. The van der Waals surface area contributed by atoms with Crippen LogP contribution in [0.3, 0.4) is 0 Å². The van der Waals surface area contributed by atoms with E-state index in [0.717, 1.165) is 63.3 Å². The molecule has 4 nitrogen and oxygen atoms in total. The zero-order valence-electron chi connectivity index (χ0n) is 27.2. The molecular formula is C37H43IrN2O2S-. The quantitative estimate of drug-likeness (QED) is 0.0969. The number of nitrogens with zero attached hydrogens (tertiary/aromatic N) is 2. The van der Waals surface area contributed by atoms with Crippen LogP contribution < -0.4 is 0 Å². The fraction of sp³-hybridized carbons (Fsp3) is 0.378. The number of hydrogen-bond donors (Lipinski definition) is 1. The van der Waals surface area contributed by atoms with Crippen molar-refractivity contribution in [2.75, 3.05) is 0 Å². The van der Waals surface area contributed by atoms with Gasteiger partial charge in [0.1, 0.15) is 6.33 Å². The molecule has 5 aromatic rings. The van der Waals surface area contributed by atoms with E-state index < -0.39 is 0 Å². The van der Waals surface area contributed by atoms with Crippen molar-refractivity contribution in [1.82, 2.24) is 9.97 Å². The van der Waals surface area contributed by atoms with E-state index in [1.807, 2.05) is 58.0 Å². The van der Waals surface area contributed by atoms with Gasteiger partial charge in [0.15, 0.2) is 5.78 Å². The van der Waals surface area contributed by atoms with Gasteiger partial charge in [-0.1, -0.05) is 89.7 Å². The minimum absolute atomic E-state index is 0. The predicted octanol–water partition coefficient (Wildman–Crippen LogP) is 10.6. The molecule has 0 atom stereocenters. The maximum absolute atomic E-state index is 11.7. The molecule has 2 aromatic heterocycles. The Balaban J connectivity index is 0.000000286. The Labute approximate surface area is 275 Å². The van der Waals surface area contributed by atoms with Crippen molar-refractivity contribution in [2.45, 2.75) is 79.6 Å². The van der Waals surface area contributed by atoms with Crippen molar-refractivity contribution in [3.63, 3.8) is 0 Å². The van der Waals surface area contributed by atoms with Gasteiger partial charge >= 0.3 is 0 Å². The van der Waals surface area contributed by atoms with Crippen molar-refractivity contribution in [3.05, 3.63) is 84.4 Å². The van der Waals surface area contributed by atoms with Crippen LogP contribution in [0.25, 0.3) is 42.3 Å². The number of allylic oxidation sites excluding steroid dienone is 2. The van der Waals surface area contributed by atoms with Crippen molar-refractivity contribution >= 4 is 48.2 Å². The SMILES string of the molecule is CCC(CC)C(=O)/C=C(\O)C(CC)CC.[2H]c1cc(-c2ncnc3c2sc2cc(C(C)(C)C)ccc23)[c-]c2ccccc12.[Ir]. The molecular weight excluding hydrogens is 729 g/mol. The largest absolute Gasteiger partial charge is 0.512 e. The molecule has 3 aromatic carbocycles. The molecule has 0 aliphatic rings. The van der Waals surface area contributed by atoms with Gasteiger partial charge in [0.25, 0.3) is 0 Å². The van der Waals surface area contributed by atoms with Crippen molar-refractivity contribution < 1.29 is 31.4 Å². The summed E-state index contributed by atoms with van der Waals surface area (Å²) >= 11 is 1.72. The number of carbonyl (C=O) groups excluding carboxylic acids is 1. The molecule has 0 amide bonds. The third-order valence-electron chi connectivity index (χ3n) is 8.02. The van der Waals surface area contributed by atoms with Gasteiger partial charge in [-0.15, -0.1) is 41.0 Å². The Morgan fingerprint density at radius 3 is 2.33 bits per heavy atom. The molecule has 0 spiro atoms. The first kappa shape index (κ1) is 33.0. The monoisotopic (exact) mass is 773 g/mol. The number of fused-ring (bicyclic) bond motifs is 4. The topological polar surface area (TPSA) is 63.1 Å². The van der Waals surface area contributed by atoms with E-state index in [-0.39, 0.29) is 48.9 Å². The summed E-state index contributed by atoms with van der Waals surface area (Å²) in [7, 11) is 0. The molecule has 43 heavy (non-hydrogen) atoms. The fourth-order valence-electron chi connectivity index (χ4n) is 5.19. The Morgan fingerprint density at radius 2 is 1.67 bits per heavy atom. The van der Waals surface area contributed by atoms with Gasteiger partial charge in [0.05, 0.1) is 11.3 Å². The van der Waals surface area contributed by atoms with E-state index in [9.17, 15) is 9.90 Å². The summed E-state index contributed by atoms with van der Waals surface area (Å²) in [6, 6.07) is 20.3. The summed E-state index contributed by atoms with van der Waals surface area (Å²) in [6.07, 6.45) is 6.53. The number of benzene rings is 3. The first-order valence-electron chi connectivity index (χ1n) is 15.6. The summed E-state index contributed by atoms with van der Waals surface area (Å²) in [4.78, 5) is 20.9. The molecule has 0 saturated carbocycles. The molecule has 1 N–H and O–H groups in total. The number of aliphatic hydroxyl groups excluding tert-OH is 1.